The summed E-state index contributed by atoms with van der Waals surface area (Å²) in [4.78, 5) is 15.7. The van der Waals surface area contributed by atoms with Gasteiger partial charge in [-0.25, -0.2) is 9.97 Å². The molecule has 2 aromatic heterocycles. The van der Waals surface area contributed by atoms with Crippen molar-refractivity contribution in [2.45, 2.75) is 126 Å². The molecule has 60 heavy (non-hydrogen) atoms. The molecular weight excluding hydrogens is 767 g/mol. The van der Waals surface area contributed by atoms with E-state index in [1.165, 1.54) is 92.5 Å². The summed E-state index contributed by atoms with van der Waals surface area (Å²) in [7, 11) is 0.599. The Morgan fingerprint density at radius 1 is 0.583 bits per heavy atom. The molecule has 1 N–H and O–H groups in total. The predicted molar refractivity (Wildman–Crippen MR) is 234 cm³/mol. The molecule has 0 spiro atoms. The van der Waals surface area contributed by atoms with Crippen molar-refractivity contribution in [1.29, 1.82) is 10.5 Å². The number of hydrogen-bond donors (Lipinski definition) is 1. The van der Waals surface area contributed by atoms with Crippen molar-refractivity contribution >= 4 is 41.4 Å². The minimum Gasteiger partial charge on any atom is -0.537 e. The van der Waals surface area contributed by atoms with Crippen LogP contribution in [0.3, 0.4) is 0 Å². The summed E-state index contributed by atoms with van der Waals surface area (Å²) in [5, 5.41) is 26.4. The molecule has 10 nitrogen and oxygen atoms in total. The highest BCUT2D eigenvalue weighted by molar-refractivity contribution is 6.31. The van der Waals surface area contributed by atoms with Crippen LogP contribution in [0.25, 0.3) is 33.2 Å². The highest BCUT2D eigenvalue weighted by Gasteiger charge is 2.44. The lowest BCUT2D eigenvalue weighted by Crippen LogP contribution is -2.48. The van der Waals surface area contributed by atoms with Crippen LogP contribution in [0, 0.1) is 22.7 Å². The first-order valence-corrected chi connectivity index (χ1v) is 22.2. The molecule has 12 rings (SSSR count). The summed E-state index contributed by atoms with van der Waals surface area (Å²) in [6.07, 6.45) is 16.0. The number of nitriles is 2. The molecule has 4 fully saturated rings. The van der Waals surface area contributed by atoms with Gasteiger partial charge < -0.3 is 18.8 Å². The molecule has 2 saturated heterocycles. The van der Waals surface area contributed by atoms with Crippen LogP contribution in [0.2, 0.25) is 5.02 Å². The van der Waals surface area contributed by atoms with E-state index in [4.69, 9.17) is 37.1 Å². The Hall–Kier alpha value is -5.17. The van der Waals surface area contributed by atoms with Crippen LogP contribution >= 0.6 is 11.6 Å². The van der Waals surface area contributed by atoms with E-state index in [-0.39, 0.29) is 0 Å². The van der Waals surface area contributed by atoms with E-state index in [0.29, 0.717) is 42.7 Å². The molecule has 6 aliphatic rings. The van der Waals surface area contributed by atoms with Crippen molar-refractivity contribution in [3.05, 3.63) is 113 Å². The first kappa shape index (κ1) is 39.0. The molecule has 0 amide bonds. The van der Waals surface area contributed by atoms with E-state index in [9.17, 15) is 0 Å². The fourth-order valence-corrected chi connectivity index (χ4v) is 11.0. The second kappa shape index (κ2) is 16.7. The Morgan fingerprint density at radius 3 is 1.57 bits per heavy atom. The molecule has 2 saturated carbocycles. The predicted octanol–water partition coefficient (Wildman–Crippen LogP) is 8.61. The maximum absolute atomic E-state index is 9.01. The van der Waals surface area contributed by atoms with Crippen LogP contribution in [-0.4, -0.2) is 77.9 Å². The van der Waals surface area contributed by atoms with Crippen LogP contribution < -0.4 is 4.65 Å². The molecule has 4 unspecified atom stereocenters. The van der Waals surface area contributed by atoms with E-state index in [0.717, 1.165) is 65.7 Å². The molecule has 1 radical (unpaired) electrons. The third-order valence-corrected chi connectivity index (χ3v) is 14.3. The molecule has 303 valence electrons. The first-order valence-electron chi connectivity index (χ1n) is 21.8. The molecular formula is C48H49BClN8O2. The van der Waals surface area contributed by atoms with Gasteiger partial charge in [-0.1, -0.05) is 42.6 Å². The Bertz CT molecular complexity index is 2590. The monoisotopic (exact) mass is 815 g/mol. The van der Waals surface area contributed by atoms with Crippen molar-refractivity contribution in [2.24, 2.45) is 0 Å². The van der Waals surface area contributed by atoms with Gasteiger partial charge in [-0.05, 0) is 129 Å². The number of nitrogens with zero attached hydrogens (tertiary/aromatic N) is 8. The van der Waals surface area contributed by atoms with Gasteiger partial charge in [-0.2, -0.15) is 10.5 Å². The molecule has 4 aromatic carbocycles. The van der Waals surface area contributed by atoms with Gasteiger partial charge >= 0.3 is 7.69 Å². The maximum Gasteiger partial charge on any atom is 0.569 e. The fourth-order valence-electron chi connectivity index (χ4n) is 10.8. The van der Waals surface area contributed by atoms with Gasteiger partial charge in [-0.3, -0.25) is 9.80 Å². The van der Waals surface area contributed by atoms with Gasteiger partial charge in [0, 0.05) is 67.2 Å². The quantitative estimate of drug-likeness (QED) is 0.172. The minimum absolute atomic E-state index is 0.506. The van der Waals surface area contributed by atoms with E-state index >= 15 is 0 Å². The van der Waals surface area contributed by atoms with E-state index in [1.807, 2.05) is 42.5 Å². The lowest BCUT2D eigenvalue weighted by atomic mass is 9.90. The maximum atomic E-state index is 9.01. The summed E-state index contributed by atoms with van der Waals surface area (Å²) < 4.78 is 9.58. The van der Waals surface area contributed by atoms with Crippen LogP contribution in [-0.2, 0) is 25.9 Å². The smallest absolute Gasteiger partial charge is 0.537 e. The van der Waals surface area contributed by atoms with Crippen LogP contribution in [0.4, 0.5) is 0 Å². The minimum atomic E-state index is 0.506. The summed E-state index contributed by atoms with van der Waals surface area (Å²) in [6.45, 7) is 2.20. The molecule has 4 aliphatic heterocycles. The number of halogens is 1. The number of benzene rings is 4. The van der Waals surface area contributed by atoms with Crippen LogP contribution in [0.1, 0.15) is 87.0 Å². The van der Waals surface area contributed by atoms with Crippen LogP contribution in [0.5, 0.6) is 5.75 Å². The lowest BCUT2D eigenvalue weighted by Gasteiger charge is -2.41. The zero-order valence-electron chi connectivity index (χ0n) is 33.8. The second-order valence-corrected chi connectivity index (χ2v) is 17.8. The zero-order valence-corrected chi connectivity index (χ0v) is 34.6. The van der Waals surface area contributed by atoms with Gasteiger partial charge in [-0.15, -0.1) is 0 Å². The van der Waals surface area contributed by atoms with Crippen molar-refractivity contribution in [3.8, 4) is 29.0 Å². The summed E-state index contributed by atoms with van der Waals surface area (Å²) in [5.41, 5.74) is 8.27. The standard InChI is InChI=1S/C24H24N4.C17H20ClN3.C7H5BNO2/c25-14-16-4-6-17(7-5-16)18-8-11-23-22(12-18)26-24-13-20-9-10-21(15-27(23)24)28(20)19-2-1-3-19;18-11-4-7-16-15(8-11)19-17-9-13-5-6-14(10-20(16)17)21(13)12-2-1-3-12;9-5-6-1-3-7(4-2-6)11-8-10/h4-8,11-12,19-21H,1-3,9-10,13,15H2;4,7-8,12-14H,1-3,5-6,9-10H2;1-4,10H. The number of rotatable bonds is 5. The second-order valence-electron chi connectivity index (χ2n) is 17.4. The Labute approximate surface area is 357 Å². The third kappa shape index (κ3) is 7.47. The molecule has 2 aliphatic carbocycles. The lowest BCUT2D eigenvalue weighted by molar-refractivity contribution is 0.0739. The van der Waals surface area contributed by atoms with Gasteiger partial charge in [0.2, 0.25) is 0 Å². The largest absolute Gasteiger partial charge is 0.569 e. The van der Waals surface area contributed by atoms with Gasteiger partial charge in [0.1, 0.15) is 17.4 Å². The number of fused-ring (bicyclic) bond motifs is 10. The van der Waals surface area contributed by atoms with Gasteiger partial charge in [0.25, 0.3) is 0 Å². The SMILES string of the molecule is Clc1ccc2c(c1)nc1n2CC2CCC(C1)N2C1CCC1.N#Cc1ccc(-c2ccc3c(c2)nc2n3CC3CCC(C2)N3C2CCC2)cc1.N#Cc1ccc(O[B]O)cc1. The summed E-state index contributed by atoms with van der Waals surface area (Å²) >= 11 is 6.12. The highest BCUT2D eigenvalue weighted by Crippen LogP contribution is 2.41. The third-order valence-electron chi connectivity index (χ3n) is 14.1. The summed E-state index contributed by atoms with van der Waals surface area (Å²) in [5.74, 6) is 3.04. The molecule has 6 heterocycles. The Morgan fingerprint density at radius 2 is 1.07 bits per heavy atom. The van der Waals surface area contributed by atoms with E-state index in [1.54, 1.807) is 24.3 Å². The Balaban J connectivity index is 0.000000119. The van der Waals surface area contributed by atoms with Crippen LogP contribution in [0.15, 0.2) is 84.9 Å². The van der Waals surface area contributed by atoms with Crippen molar-refractivity contribution in [3.63, 3.8) is 0 Å². The molecule has 12 heteroatoms. The fraction of sp³-hybridized carbons (Fsp3) is 0.417. The van der Waals surface area contributed by atoms with Crippen molar-refractivity contribution in [1.82, 2.24) is 28.9 Å². The average Bonchev–Trinajstić information content (AvgIpc) is 3.93. The van der Waals surface area contributed by atoms with Gasteiger partial charge in [0.15, 0.2) is 0 Å². The van der Waals surface area contributed by atoms with E-state index < -0.39 is 0 Å². The van der Waals surface area contributed by atoms with E-state index in [2.05, 4.69) is 53.9 Å². The molecule has 6 aromatic rings. The van der Waals surface area contributed by atoms with Crippen molar-refractivity contribution in [2.75, 3.05) is 0 Å². The van der Waals surface area contributed by atoms with Crippen molar-refractivity contribution < 1.29 is 9.68 Å². The number of aromatic nitrogens is 4. The number of imidazole rings is 2. The first-order chi connectivity index (χ1) is 29.5. The topological polar surface area (TPSA) is 119 Å². The number of hydrogen-bond acceptors (Lipinski definition) is 8. The highest BCUT2D eigenvalue weighted by atomic mass is 35.5. The summed E-state index contributed by atoms with van der Waals surface area (Å²) in [6, 6.07) is 35.7. The van der Waals surface area contributed by atoms with Gasteiger partial charge in [0.05, 0.1) is 45.3 Å². The normalized spacial score (nSPS) is 23.3. The molecule has 4 atom stereocenters. The molecule has 4 bridgehead atoms. The Kier molecular flexibility index (Phi) is 10.9. The zero-order chi connectivity index (χ0) is 40.7. The average molecular weight is 816 g/mol.